The first-order valence-corrected chi connectivity index (χ1v) is 14.4. The van der Waals surface area contributed by atoms with Crippen LogP contribution in [0.2, 0.25) is 0 Å². The van der Waals surface area contributed by atoms with Crippen molar-refractivity contribution in [2.24, 2.45) is 5.41 Å². The second-order valence-corrected chi connectivity index (χ2v) is 9.85. The molecule has 0 saturated carbocycles. The third-order valence-electron chi connectivity index (χ3n) is 5.63. The van der Waals surface area contributed by atoms with Crippen molar-refractivity contribution >= 4 is 29.8 Å². The Morgan fingerprint density at radius 1 is 0.556 bits per heavy atom. The molecule has 0 aromatic heterocycles. The maximum atomic E-state index is 12.5. The molecule has 0 heterocycles. The summed E-state index contributed by atoms with van der Waals surface area (Å²) in [5.74, 6) is -3.60. The lowest BCUT2D eigenvalue weighted by Gasteiger charge is -2.33. The normalized spacial score (nSPS) is 15.1. The van der Waals surface area contributed by atoms with Gasteiger partial charge in [-0.05, 0) is 33.6 Å². The van der Waals surface area contributed by atoms with E-state index in [2.05, 4.69) is 14.7 Å². The van der Waals surface area contributed by atoms with Gasteiger partial charge in [-0.2, -0.15) is 0 Å². The molecule has 0 N–H and O–H groups in total. The van der Waals surface area contributed by atoms with Gasteiger partial charge in [-0.1, -0.05) is 13.8 Å². The lowest BCUT2D eigenvalue weighted by atomic mass is 9.92. The summed E-state index contributed by atoms with van der Waals surface area (Å²) in [5, 5.41) is 0. The third-order valence-corrected chi connectivity index (χ3v) is 5.63. The van der Waals surface area contributed by atoms with Crippen molar-refractivity contribution in [2.45, 2.75) is 84.7 Å². The van der Waals surface area contributed by atoms with Crippen LogP contribution in [0.15, 0.2) is 0 Å². The summed E-state index contributed by atoms with van der Waals surface area (Å²) >= 11 is 0. The van der Waals surface area contributed by atoms with Crippen molar-refractivity contribution in [3.8, 4) is 0 Å². The van der Waals surface area contributed by atoms with E-state index in [-0.39, 0.29) is 32.7 Å². The predicted octanol–water partition coefficient (Wildman–Crippen LogP) is 1.57. The highest BCUT2D eigenvalue weighted by Crippen LogP contribution is 2.23. The maximum Gasteiger partial charge on any atom is 0.338 e. The summed E-state index contributed by atoms with van der Waals surface area (Å²) in [5.41, 5.74) is -1.54. The quantitative estimate of drug-likeness (QED) is 0.0562. The molecule has 0 aliphatic heterocycles. The summed E-state index contributed by atoms with van der Waals surface area (Å²) in [6.45, 7) is 5.18. The topological polar surface area (TPSA) is 196 Å². The largest absolute Gasteiger partial charge is 0.463 e. The fraction of sp³-hybridized carbons (Fsp3) is 0.821. The number of carbonyl (C=O) groups excluding carboxylic acids is 5. The van der Waals surface area contributed by atoms with Crippen molar-refractivity contribution < 1.29 is 81.7 Å². The molecule has 0 radical (unpaired) electrons. The Balaban J connectivity index is 6.12. The summed E-state index contributed by atoms with van der Waals surface area (Å²) < 4.78 is 32.6. The Hall–Kier alpha value is -2.93. The van der Waals surface area contributed by atoms with Crippen LogP contribution in [0.25, 0.3) is 0 Å². The van der Waals surface area contributed by atoms with Crippen LogP contribution in [0.5, 0.6) is 0 Å². The van der Waals surface area contributed by atoms with Crippen LogP contribution in [-0.2, 0) is 81.7 Å². The van der Waals surface area contributed by atoms with E-state index in [1.165, 1.54) is 42.1 Å². The minimum absolute atomic E-state index is 0.121. The van der Waals surface area contributed by atoms with Crippen LogP contribution < -0.4 is 0 Å². The summed E-state index contributed by atoms with van der Waals surface area (Å²) in [6.07, 6.45) is -3.08. The zero-order valence-electron chi connectivity index (χ0n) is 27.3. The van der Waals surface area contributed by atoms with E-state index in [1.807, 2.05) is 6.92 Å². The van der Waals surface area contributed by atoms with Crippen molar-refractivity contribution in [1.82, 2.24) is 0 Å². The minimum Gasteiger partial charge on any atom is -0.463 e. The van der Waals surface area contributed by atoms with E-state index in [9.17, 15) is 24.0 Å². The van der Waals surface area contributed by atoms with Gasteiger partial charge in [0.2, 0.25) is 0 Å². The number of hydrogen-bond acceptors (Lipinski definition) is 17. The molecule has 0 bridgehead atoms. The third kappa shape index (κ3) is 18.6. The average Bonchev–Trinajstić information content (AvgIpc) is 3.00. The lowest BCUT2D eigenvalue weighted by molar-refractivity contribution is -0.301. The van der Waals surface area contributed by atoms with Gasteiger partial charge in [-0.25, -0.2) is 43.7 Å². The van der Waals surface area contributed by atoms with Crippen LogP contribution in [0.1, 0.15) is 60.3 Å². The summed E-state index contributed by atoms with van der Waals surface area (Å²) in [6, 6.07) is 0. The molecule has 0 rings (SSSR count). The van der Waals surface area contributed by atoms with Gasteiger partial charge in [0.1, 0.15) is 26.4 Å². The first kappa shape index (κ1) is 42.1. The van der Waals surface area contributed by atoms with Gasteiger partial charge in [-0.3, -0.25) is 9.59 Å². The highest BCUT2D eigenvalue weighted by molar-refractivity contribution is 5.75. The van der Waals surface area contributed by atoms with Crippen molar-refractivity contribution in [3.05, 3.63) is 0 Å². The highest BCUT2D eigenvalue weighted by Gasteiger charge is 2.39. The zero-order valence-corrected chi connectivity index (χ0v) is 27.3. The molecule has 45 heavy (non-hydrogen) atoms. The Morgan fingerprint density at radius 3 is 1.33 bits per heavy atom. The molecular weight excluding hydrogens is 608 g/mol. The molecule has 0 aromatic rings. The van der Waals surface area contributed by atoms with E-state index in [4.69, 9.17) is 43.1 Å². The van der Waals surface area contributed by atoms with Gasteiger partial charge in [-0.15, -0.1) is 0 Å². The summed E-state index contributed by atoms with van der Waals surface area (Å²) in [7, 11) is 3.61. The Morgan fingerprint density at radius 2 is 0.956 bits per heavy atom. The molecule has 0 aromatic carbocycles. The fourth-order valence-electron chi connectivity index (χ4n) is 3.26. The summed E-state index contributed by atoms with van der Waals surface area (Å²) in [4.78, 5) is 89.7. The average molecular weight is 657 g/mol. The van der Waals surface area contributed by atoms with Gasteiger partial charge < -0.3 is 28.4 Å². The lowest BCUT2D eigenvalue weighted by Crippen LogP contribution is -2.46. The smallest absolute Gasteiger partial charge is 0.338 e. The van der Waals surface area contributed by atoms with Crippen molar-refractivity contribution in [3.63, 3.8) is 0 Å². The van der Waals surface area contributed by atoms with E-state index < -0.39 is 79.5 Å². The molecule has 262 valence electrons. The van der Waals surface area contributed by atoms with E-state index >= 15 is 0 Å². The zero-order chi connectivity index (χ0) is 34.3. The van der Waals surface area contributed by atoms with Gasteiger partial charge in [0, 0.05) is 12.8 Å². The van der Waals surface area contributed by atoms with Crippen molar-refractivity contribution in [2.75, 3.05) is 61.0 Å². The molecule has 17 nitrogen and oxygen atoms in total. The molecule has 0 saturated heterocycles. The molecule has 4 atom stereocenters. The molecule has 0 fully saturated rings. The Labute approximate surface area is 263 Å². The number of carbonyl (C=O) groups is 5. The highest BCUT2D eigenvalue weighted by atomic mass is 17.2. The van der Waals surface area contributed by atoms with Gasteiger partial charge in [0.15, 0.2) is 24.4 Å². The SMILES string of the molecule is CCCC(=O)OCC(COCC(COC(=O)C(C)OOC)(COC(=O)C(C)OOC)COC(=O)C(C)OOC)OC(=O)CCC. The van der Waals surface area contributed by atoms with Crippen LogP contribution in [0.3, 0.4) is 0 Å². The monoisotopic (exact) mass is 656 g/mol. The van der Waals surface area contributed by atoms with Crippen LogP contribution in [0, 0.1) is 5.41 Å². The number of esters is 5. The Kier molecular flexibility index (Phi) is 22.7. The van der Waals surface area contributed by atoms with Crippen LogP contribution in [-0.4, -0.2) is 115 Å². The first-order chi connectivity index (χ1) is 21.4. The first-order valence-electron chi connectivity index (χ1n) is 14.4. The van der Waals surface area contributed by atoms with Gasteiger partial charge in [0.05, 0.1) is 40.0 Å². The minimum atomic E-state index is -1.54. The van der Waals surface area contributed by atoms with Gasteiger partial charge >= 0.3 is 29.8 Å². The molecule has 0 aliphatic rings. The number of ether oxygens (including phenoxy) is 6. The maximum absolute atomic E-state index is 12.5. The molecule has 17 heteroatoms. The van der Waals surface area contributed by atoms with E-state index in [0.29, 0.717) is 12.8 Å². The standard InChI is InChI=1S/C28H48O17/c1-9-11-23(29)38-14-22(42-24(30)12-10-2)13-37-15-28(16-39-25(31)19(3)43-34-6,17-40-26(32)20(4)44-35-7)18-41-27(33)21(5)45-36-8/h19-22H,9-18H2,1-8H3. The molecule has 4 unspecified atom stereocenters. The van der Waals surface area contributed by atoms with E-state index in [0.717, 1.165) is 0 Å². The van der Waals surface area contributed by atoms with Crippen LogP contribution in [0.4, 0.5) is 0 Å². The van der Waals surface area contributed by atoms with Gasteiger partial charge in [0.25, 0.3) is 0 Å². The second-order valence-electron chi connectivity index (χ2n) is 9.85. The molecular formula is C28H48O17. The molecule has 0 amide bonds. The molecule has 0 spiro atoms. The fourth-order valence-corrected chi connectivity index (χ4v) is 3.26. The number of rotatable bonds is 26. The second kappa shape index (κ2) is 24.3. The molecule has 0 aliphatic carbocycles. The van der Waals surface area contributed by atoms with Crippen molar-refractivity contribution in [1.29, 1.82) is 0 Å². The number of hydrogen-bond donors (Lipinski definition) is 0. The van der Waals surface area contributed by atoms with E-state index in [1.54, 1.807) is 6.92 Å². The van der Waals surface area contributed by atoms with Crippen LogP contribution >= 0.6 is 0 Å². The predicted molar refractivity (Wildman–Crippen MR) is 149 cm³/mol. The Bertz CT molecular complexity index is 810.